The lowest BCUT2D eigenvalue weighted by atomic mass is 10.1. The summed E-state index contributed by atoms with van der Waals surface area (Å²) < 4.78 is 10.1. The standard InChI is InChI=1S/C16H20N2O3S/c1-11-8-16(22-10-15(19)17-6-7-20-2)18-14-9-12(21-3)4-5-13(11)14/h4-5,8-9H,6-7,10H2,1-3H3,(H,17,19). The SMILES string of the molecule is COCCNC(=O)CSc1cc(C)c2ccc(OC)cc2n1. The van der Waals surface area contributed by atoms with Crippen LogP contribution in [0, 0.1) is 6.92 Å². The van der Waals surface area contributed by atoms with Crippen molar-refractivity contribution in [3.8, 4) is 5.75 Å². The van der Waals surface area contributed by atoms with E-state index in [1.165, 1.54) is 11.8 Å². The van der Waals surface area contributed by atoms with E-state index in [2.05, 4.69) is 10.3 Å². The van der Waals surface area contributed by atoms with Gasteiger partial charge in [-0.2, -0.15) is 0 Å². The minimum absolute atomic E-state index is 0.0211. The monoisotopic (exact) mass is 320 g/mol. The molecule has 2 rings (SSSR count). The second-order valence-corrected chi connectivity index (χ2v) is 5.79. The third kappa shape index (κ3) is 4.35. The number of rotatable bonds is 7. The van der Waals surface area contributed by atoms with Crippen molar-refractivity contribution in [1.82, 2.24) is 10.3 Å². The first kappa shape index (κ1) is 16.6. The van der Waals surface area contributed by atoms with Crippen LogP contribution in [0.3, 0.4) is 0 Å². The number of hydrogen-bond donors (Lipinski definition) is 1. The van der Waals surface area contributed by atoms with Gasteiger partial charge < -0.3 is 14.8 Å². The smallest absolute Gasteiger partial charge is 0.230 e. The number of aryl methyl sites for hydroxylation is 1. The summed E-state index contributed by atoms with van der Waals surface area (Å²) in [5.41, 5.74) is 2.01. The van der Waals surface area contributed by atoms with Crippen molar-refractivity contribution in [1.29, 1.82) is 0 Å². The highest BCUT2D eigenvalue weighted by atomic mass is 32.2. The first-order chi connectivity index (χ1) is 10.6. The first-order valence-electron chi connectivity index (χ1n) is 6.98. The number of hydrogen-bond acceptors (Lipinski definition) is 5. The predicted octanol–water partition coefficient (Wildman–Crippen LogP) is 2.41. The van der Waals surface area contributed by atoms with Crippen molar-refractivity contribution < 1.29 is 14.3 Å². The Morgan fingerprint density at radius 2 is 2.14 bits per heavy atom. The van der Waals surface area contributed by atoms with Gasteiger partial charge in [0.1, 0.15) is 5.75 Å². The molecule has 0 atom stereocenters. The van der Waals surface area contributed by atoms with Crippen LogP contribution in [-0.2, 0) is 9.53 Å². The number of carbonyl (C=O) groups excluding carboxylic acids is 1. The molecule has 0 saturated heterocycles. The number of thioether (sulfide) groups is 1. The second-order valence-electron chi connectivity index (χ2n) is 4.79. The molecule has 0 fully saturated rings. The molecule has 0 unspecified atom stereocenters. The highest BCUT2D eigenvalue weighted by molar-refractivity contribution is 7.99. The lowest BCUT2D eigenvalue weighted by molar-refractivity contribution is -0.118. The van der Waals surface area contributed by atoms with E-state index in [4.69, 9.17) is 9.47 Å². The topological polar surface area (TPSA) is 60.5 Å². The van der Waals surface area contributed by atoms with Crippen molar-refractivity contribution >= 4 is 28.6 Å². The minimum atomic E-state index is -0.0211. The minimum Gasteiger partial charge on any atom is -0.497 e. The molecule has 118 valence electrons. The number of nitrogens with one attached hydrogen (secondary N) is 1. The Hall–Kier alpha value is -1.79. The quantitative estimate of drug-likeness (QED) is 0.627. The number of amides is 1. The molecule has 0 saturated carbocycles. The summed E-state index contributed by atoms with van der Waals surface area (Å²) in [6.07, 6.45) is 0. The Morgan fingerprint density at radius 1 is 1.32 bits per heavy atom. The lowest BCUT2D eigenvalue weighted by Gasteiger charge is -2.08. The molecule has 0 bridgehead atoms. The number of benzene rings is 1. The van der Waals surface area contributed by atoms with Gasteiger partial charge in [0.15, 0.2) is 0 Å². The van der Waals surface area contributed by atoms with Gasteiger partial charge in [-0.15, -0.1) is 0 Å². The average molecular weight is 320 g/mol. The normalized spacial score (nSPS) is 10.7. The molecule has 1 amide bonds. The van der Waals surface area contributed by atoms with Crippen LogP contribution in [0.1, 0.15) is 5.56 Å². The van der Waals surface area contributed by atoms with Gasteiger partial charge in [0.2, 0.25) is 5.91 Å². The lowest BCUT2D eigenvalue weighted by Crippen LogP contribution is -2.28. The van der Waals surface area contributed by atoms with Crippen LogP contribution in [0.4, 0.5) is 0 Å². The molecular formula is C16H20N2O3S. The molecule has 0 spiro atoms. The van der Waals surface area contributed by atoms with Gasteiger partial charge in [0, 0.05) is 25.1 Å². The summed E-state index contributed by atoms with van der Waals surface area (Å²) in [5, 5.41) is 4.72. The Balaban J connectivity index is 2.06. The molecule has 2 aromatic rings. The van der Waals surface area contributed by atoms with Crippen molar-refractivity contribution in [3.63, 3.8) is 0 Å². The van der Waals surface area contributed by atoms with Crippen LogP contribution >= 0.6 is 11.8 Å². The summed E-state index contributed by atoms with van der Waals surface area (Å²) in [6, 6.07) is 7.84. The number of nitrogens with zero attached hydrogens (tertiary/aromatic N) is 1. The molecule has 6 heteroatoms. The highest BCUT2D eigenvalue weighted by Gasteiger charge is 2.07. The van der Waals surface area contributed by atoms with E-state index < -0.39 is 0 Å². The zero-order valence-electron chi connectivity index (χ0n) is 13.0. The van der Waals surface area contributed by atoms with E-state index in [0.29, 0.717) is 18.9 Å². The van der Waals surface area contributed by atoms with Gasteiger partial charge in [-0.1, -0.05) is 11.8 Å². The average Bonchev–Trinajstić information content (AvgIpc) is 2.52. The van der Waals surface area contributed by atoms with E-state index in [9.17, 15) is 4.79 Å². The van der Waals surface area contributed by atoms with E-state index >= 15 is 0 Å². The van der Waals surface area contributed by atoms with E-state index in [1.807, 2.05) is 31.2 Å². The van der Waals surface area contributed by atoms with Crippen LogP contribution in [0.25, 0.3) is 10.9 Å². The molecule has 1 aromatic heterocycles. The number of ether oxygens (including phenoxy) is 2. The molecule has 0 radical (unpaired) electrons. The fourth-order valence-corrected chi connectivity index (χ4v) is 2.84. The molecule has 1 N–H and O–H groups in total. The van der Waals surface area contributed by atoms with Crippen LogP contribution in [0.2, 0.25) is 0 Å². The molecule has 1 aromatic carbocycles. The van der Waals surface area contributed by atoms with E-state index in [1.54, 1.807) is 14.2 Å². The van der Waals surface area contributed by atoms with E-state index in [0.717, 1.165) is 27.2 Å². The van der Waals surface area contributed by atoms with Gasteiger partial charge in [-0.25, -0.2) is 4.98 Å². The molecule has 5 nitrogen and oxygen atoms in total. The molecule has 22 heavy (non-hydrogen) atoms. The maximum Gasteiger partial charge on any atom is 0.230 e. The Morgan fingerprint density at radius 3 is 2.86 bits per heavy atom. The zero-order chi connectivity index (χ0) is 15.9. The first-order valence-corrected chi connectivity index (χ1v) is 7.96. The van der Waals surface area contributed by atoms with Gasteiger partial charge >= 0.3 is 0 Å². The summed E-state index contributed by atoms with van der Waals surface area (Å²) >= 11 is 1.42. The summed E-state index contributed by atoms with van der Waals surface area (Å²) in [7, 11) is 3.24. The molecule has 0 aliphatic carbocycles. The Bertz CT molecular complexity index is 661. The molecule has 0 aliphatic heterocycles. The maximum absolute atomic E-state index is 11.7. The number of methoxy groups -OCH3 is 2. The van der Waals surface area contributed by atoms with Gasteiger partial charge in [0.05, 0.1) is 30.0 Å². The van der Waals surface area contributed by atoms with Crippen molar-refractivity contribution in [2.75, 3.05) is 33.1 Å². The molecule has 0 aliphatic rings. The summed E-state index contributed by atoms with van der Waals surface area (Å²) in [5.74, 6) is 1.09. The Labute approximate surface area is 134 Å². The van der Waals surface area contributed by atoms with E-state index in [-0.39, 0.29) is 5.91 Å². The van der Waals surface area contributed by atoms with Crippen molar-refractivity contribution in [3.05, 3.63) is 29.8 Å². The van der Waals surface area contributed by atoms with Gasteiger partial charge in [0.25, 0.3) is 0 Å². The maximum atomic E-state index is 11.7. The van der Waals surface area contributed by atoms with Crippen molar-refractivity contribution in [2.45, 2.75) is 11.9 Å². The largest absolute Gasteiger partial charge is 0.497 e. The Kier molecular flexibility index (Phi) is 6.03. The fourth-order valence-electron chi connectivity index (χ4n) is 2.04. The second kappa shape index (κ2) is 8.00. The van der Waals surface area contributed by atoms with Crippen LogP contribution < -0.4 is 10.1 Å². The summed E-state index contributed by atoms with van der Waals surface area (Å²) in [6.45, 7) is 3.08. The number of pyridine rings is 1. The van der Waals surface area contributed by atoms with Crippen LogP contribution in [0.5, 0.6) is 5.75 Å². The number of carbonyl (C=O) groups is 1. The summed E-state index contributed by atoms with van der Waals surface area (Å²) in [4.78, 5) is 16.3. The fraction of sp³-hybridized carbons (Fsp3) is 0.375. The number of fused-ring (bicyclic) bond motifs is 1. The van der Waals surface area contributed by atoms with Gasteiger partial charge in [-0.05, 0) is 30.7 Å². The third-order valence-electron chi connectivity index (χ3n) is 3.18. The van der Waals surface area contributed by atoms with Gasteiger partial charge in [-0.3, -0.25) is 4.79 Å². The number of aromatic nitrogens is 1. The zero-order valence-corrected chi connectivity index (χ0v) is 13.8. The van der Waals surface area contributed by atoms with Crippen LogP contribution in [-0.4, -0.2) is 44.0 Å². The highest BCUT2D eigenvalue weighted by Crippen LogP contribution is 2.26. The predicted molar refractivity (Wildman–Crippen MR) is 88.6 cm³/mol. The van der Waals surface area contributed by atoms with Crippen molar-refractivity contribution in [2.24, 2.45) is 0 Å². The third-order valence-corrected chi connectivity index (χ3v) is 4.09. The van der Waals surface area contributed by atoms with Crippen LogP contribution in [0.15, 0.2) is 29.3 Å². The molecular weight excluding hydrogens is 300 g/mol. The molecule has 1 heterocycles.